The first-order valence-electron chi connectivity index (χ1n) is 9.59. The minimum Gasteiger partial charge on any atom is -0.105 e. The Balaban J connectivity index is 0.000000163. The Labute approximate surface area is 143 Å². The summed E-state index contributed by atoms with van der Waals surface area (Å²) in [7, 11) is 0. The van der Waals surface area contributed by atoms with E-state index in [1.54, 1.807) is 0 Å². The van der Waals surface area contributed by atoms with Crippen molar-refractivity contribution in [3.63, 3.8) is 0 Å². The van der Waals surface area contributed by atoms with E-state index < -0.39 is 0 Å². The molecule has 0 aromatic heterocycles. The summed E-state index contributed by atoms with van der Waals surface area (Å²) in [6, 6.07) is 0. The summed E-state index contributed by atoms with van der Waals surface area (Å²) in [5, 5.41) is 0. The zero-order valence-electron chi connectivity index (χ0n) is 13.9. The Bertz CT molecular complexity index is 167. The van der Waals surface area contributed by atoms with Gasteiger partial charge in [-0.2, -0.15) is 0 Å². The van der Waals surface area contributed by atoms with Crippen LogP contribution in [0.5, 0.6) is 0 Å². The molecular weight excluding hydrogens is 299 g/mol. The smallest absolute Gasteiger partial charge is 0.105 e. The third-order valence-electron chi connectivity index (χ3n) is 5.01. The molecule has 0 atom stereocenters. The van der Waals surface area contributed by atoms with Crippen molar-refractivity contribution in [2.75, 3.05) is 0 Å². The molecule has 3 aliphatic rings. The van der Waals surface area contributed by atoms with Crippen LogP contribution in [0.15, 0.2) is 0 Å². The van der Waals surface area contributed by atoms with Crippen LogP contribution in [-0.2, 0) is 0 Å². The summed E-state index contributed by atoms with van der Waals surface area (Å²) < 4.78 is 0. The highest BCUT2D eigenvalue weighted by atomic mass is 35.5. The fourth-order valence-corrected chi connectivity index (χ4v) is 4.01. The lowest BCUT2D eigenvalue weighted by Gasteiger charge is -2.21. The topological polar surface area (TPSA) is 0 Å². The highest BCUT2D eigenvalue weighted by molar-refractivity contribution is 6.44. The lowest BCUT2D eigenvalue weighted by atomic mass is 9.91. The van der Waals surface area contributed by atoms with E-state index in [-0.39, 0.29) is 4.84 Å². The van der Waals surface area contributed by atoms with E-state index in [1.165, 1.54) is 109 Å². The van der Waals surface area contributed by atoms with Crippen LogP contribution in [0.25, 0.3) is 0 Å². The molecule has 0 aromatic rings. The normalized spacial score (nSPS) is 23.6. The van der Waals surface area contributed by atoms with Gasteiger partial charge in [0.2, 0.25) is 0 Å². The molecule has 0 nitrogen and oxygen atoms in total. The average Bonchev–Trinajstić information content (AvgIpc) is 2.60. The summed E-state index contributed by atoms with van der Waals surface area (Å²) in [5.41, 5.74) is 0. The monoisotopic (exact) mass is 334 g/mol. The Hall–Kier alpha value is 0.580. The van der Waals surface area contributed by atoms with E-state index in [4.69, 9.17) is 23.2 Å². The van der Waals surface area contributed by atoms with Crippen LogP contribution >= 0.6 is 23.2 Å². The van der Waals surface area contributed by atoms with Gasteiger partial charge < -0.3 is 0 Å². The van der Waals surface area contributed by atoms with Crippen molar-refractivity contribution in [3.05, 3.63) is 0 Å². The number of alkyl halides is 2. The van der Waals surface area contributed by atoms with E-state index in [9.17, 15) is 0 Å². The molecule has 0 aliphatic heterocycles. The van der Waals surface area contributed by atoms with Crippen LogP contribution in [0, 0.1) is 5.92 Å². The maximum absolute atomic E-state index is 5.72. The van der Waals surface area contributed by atoms with Crippen LogP contribution < -0.4 is 0 Å². The minimum absolute atomic E-state index is 0.120. The van der Waals surface area contributed by atoms with Crippen LogP contribution in [-0.4, -0.2) is 4.84 Å². The SMILES string of the molecule is C1CCCCC1.C1CCCCC1.ClC(Cl)C1CCCCC1. The zero-order valence-corrected chi connectivity index (χ0v) is 15.4. The molecule has 0 bridgehead atoms. The van der Waals surface area contributed by atoms with Crippen molar-refractivity contribution in [1.29, 1.82) is 0 Å². The van der Waals surface area contributed by atoms with Gasteiger partial charge in [-0.05, 0) is 18.8 Å². The van der Waals surface area contributed by atoms with E-state index in [2.05, 4.69) is 0 Å². The first kappa shape index (κ1) is 19.6. The number of rotatable bonds is 1. The van der Waals surface area contributed by atoms with Gasteiger partial charge in [-0.25, -0.2) is 0 Å². The van der Waals surface area contributed by atoms with Crippen LogP contribution in [0.1, 0.15) is 109 Å². The Morgan fingerprint density at radius 3 is 0.857 bits per heavy atom. The number of halogens is 2. The number of hydrogen-bond donors (Lipinski definition) is 0. The van der Waals surface area contributed by atoms with Crippen molar-refractivity contribution in [2.45, 2.75) is 114 Å². The van der Waals surface area contributed by atoms with Gasteiger partial charge in [-0.1, -0.05) is 96.3 Å². The molecule has 3 fully saturated rings. The van der Waals surface area contributed by atoms with E-state index in [0.29, 0.717) is 5.92 Å². The summed E-state index contributed by atoms with van der Waals surface area (Å²) in [5.74, 6) is 0.585. The van der Waals surface area contributed by atoms with Gasteiger partial charge >= 0.3 is 0 Å². The second-order valence-corrected chi connectivity index (χ2v) is 8.14. The van der Waals surface area contributed by atoms with Crippen LogP contribution in [0.4, 0.5) is 0 Å². The summed E-state index contributed by atoms with van der Waals surface area (Å²) in [4.78, 5) is -0.120. The zero-order chi connectivity index (χ0) is 15.2. The first-order valence-corrected chi connectivity index (χ1v) is 10.5. The summed E-state index contributed by atoms with van der Waals surface area (Å²) in [6.45, 7) is 0. The fraction of sp³-hybridized carbons (Fsp3) is 1.00. The van der Waals surface area contributed by atoms with Crippen molar-refractivity contribution in [3.8, 4) is 0 Å². The van der Waals surface area contributed by atoms with Crippen molar-refractivity contribution < 1.29 is 0 Å². The fourth-order valence-electron chi connectivity index (χ4n) is 3.51. The highest BCUT2D eigenvalue weighted by Crippen LogP contribution is 2.30. The van der Waals surface area contributed by atoms with Gasteiger partial charge in [0.15, 0.2) is 0 Å². The molecular formula is C19H36Cl2. The minimum atomic E-state index is -0.120. The maximum atomic E-state index is 5.72. The molecule has 0 N–H and O–H groups in total. The van der Waals surface area contributed by atoms with Crippen molar-refractivity contribution in [1.82, 2.24) is 0 Å². The van der Waals surface area contributed by atoms with Crippen molar-refractivity contribution in [2.24, 2.45) is 5.92 Å². The molecule has 0 heterocycles. The maximum Gasteiger partial charge on any atom is 0.110 e. The van der Waals surface area contributed by atoms with Gasteiger partial charge in [0, 0.05) is 0 Å². The summed E-state index contributed by atoms with van der Waals surface area (Å²) in [6.07, 6.45) is 24.5. The third kappa shape index (κ3) is 11.8. The van der Waals surface area contributed by atoms with E-state index in [1.807, 2.05) is 0 Å². The van der Waals surface area contributed by atoms with Gasteiger partial charge in [0.1, 0.15) is 4.84 Å². The molecule has 0 amide bonds. The second-order valence-electron chi connectivity index (χ2n) is 6.98. The standard InChI is InChI=1S/C7H12Cl2.2C6H12/c8-7(9)6-4-2-1-3-5-6;2*1-2-4-6-5-3-1/h6-7H,1-5H2;2*1-6H2. The third-order valence-corrected chi connectivity index (χ3v) is 5.72. The van der Waals surface area contributed by atoms with Crippen LogP contribution in [0.2, 0.25) is 0 Å². The van der Waals surface area contributed by atoms with Gasteiger partial charge in [0.05, 0.1) is 0 Å². The first-order chi connectivity index (χ1) is 10.3. The molecule has 0 radical (unpaired) electrons. The predicted molar refractivity (Wildman–Crippen MR) is 97.5 cm³/mol. The second kappa shape index (κ2) is 14.2. The average molecular weight is 335 g/mol. The van der Waals surface area contributed by atoms with Crippen molar-refractivity contribution >= 4 is 23.2 Å². The summed E-state index contributed by atoms with van der Waals surface area (Å²) >= 11 is 11.4. The van der Waals surface area contributed by atoms with E-state index in [0.717, 1.165) is 0 Å². The number of hydrogen-bond acceptors (Lipinski definition) is 0. The molecule has 3 rings (SSSR count). The predicted octanol–water partition coefficient (Wildman–Crippen LogP) is 8.05. The van der Waals surface area contributed by atoms with Gasteiger partial charge in [-0.15, -0.1) is 23.2 Å². The Morgan fingerprint density at radius 1 is 0.429 bits per heavy atom. The molecule has 21 heavy (non-hydrogen) atoms. The molecule has 2 heteroatoms. The Morgan fingerprint density at radius 2 is 0.667 bits per heavy atom. The van der Waals surface area contributed by atoms with Gasteiger partial charge in [-0.3, -0.25) is 0 Å². The molecule has 0 aromatic carbocycles. The Kier molecular flexibility index (Phi) is 13.3. The van der Waals surface area contributed by atoms with Gasteiger partial charge in [0.25, 0.3) is 0 Å². The highest BCUT2D eigenvalue weighted by Gasteiger charge is 2.18. The quantitative estimate of drug-likeness (QED) is 0.425. The molecule has 0 unspecified atom stereocenters. The largest absolute Gasteiger partial charge is 0.110 e. The molecule has 126 valence electrons. The van der Waals surface area contributed by atoms with E-state index >= 15 is 0 Å². The van der Waals surface area contributed by atoms with Crippen LogP contribution in [0.3, 0.4) is 0 Å². The lowest BCUT2D eigenvalue weighted by Crippen LogP contribution is -2.12. The molecule has 0 saturated heterocycles. The molecule has 3 aliphatic carbocycles. The molecule has 0 spiro atoms. The lowest BCUT2D eigenvalue weighted by molar-refractivity contribution is 0.376. The molecule has 3 saturated carbocycles.